The van der Waals surface area contributed by atoms with Crippen molar-refractivity contribution >= 4 is 11.3 Å². The van der Waals surface area contributed by atoms with Crippen LogP contribution in [0.25, 0.3) is 28.1 Å². The number of rotatable bonds is 7. The number of hydrogen-bond donors (Lipinski definition) is 0. The number of allylic oxidation sites excluding steroid dienone is 1. The predicted octanol–water partition coefficient (Wildman–Crippen LogP) is 6.47. The third kappa shape index (κ3) is 5.03. The number of benzene rings is 3. The third-order valence-electron chi connectivity index (χ3n) is 7.64. The summed E-state index contributed by atoms with van der Waals surface area (Å²) >= 11 is 0. The van der Waals surface area contributed by atoms with E-state index in [1.54, 1.807) is 14.2 Å². The average molecular weight is 559 g/mol. The standard InChI is InChI=1S/C35H34N4O3/c1-38(2)24-11-17-28-31(19-24)42-32-20-25(39(3)4)12-18-29(32)33(28)30-21-36-34(22-7-13-26(40-5)14-8-22)35(37-30)23-9-15-27(41-6)16-10-23/h7-21,24H,1-6H3. The van der Waals surface area contributed by atoms with Gasteiger partial charge in [0.15, 0.2) is 0 Å². The molecule has 7 nitrogen and oxygen atoms in total. The molecule has 1 atom stereocenters. The lowest BCUT2D eigenvalue weighted by Gasteiger charge is -2.30. The number of anilines is 1. The second-order valence-electron chi connectivity index (χ2n) is 10.7. The zero-order valence-corrected chi connectivity index (χ0v) is 24.8. The van der Waals surface area contributed by atoms with Crippen molar-refractivity contribution in [2.45, 2.75) is 6.04 Å². The zero-order valence-electron chi connectivity index (χ0n) is 24.8. The van der Waals surface area contributed by atoms with E-state index in [-0.39, 0.29) is 6.04 Å². The van der Waals surface area contributed by atoms with E-state index >= 15 is 0 Å². The van der Waals surface area contributed by atoms with Gasteiger partial charge in [-0.2, -0.15) is 0 Å². The first-order valence-electron chi connectivity index (χ1n) is 13.8. The number of nitrogens with zero attached hydrogens (tertiary/aromatic N) is 4. The maximum atomic E-state index is 6.54. The van der Waals surface area contributed by atoms with Crippen LogP contribution in [0.3, 0.4) is 0 Å². The maximum absolute atomic E-state index is 6.54. The van der Waals surface area contributed by atoms with Crippen LogP contribution in [0.15, 0.2) is 102 Å². The Hall–Kier alpha value is -4.88. The Morgan fingerprint density at radius 3 is 2.02 bits per heavy atom. The number of ether oxygens (including phenoxy) is 3. The van der Waals surface area contributed by atoms with Gasteiger partial charge in [-0.3, -0.25) is 9.88 Å². The molecule has 212 valence electrons. The van der Waals surface area contributed by atoms with E-state index in [0.717, 1.165) is 73.6 Å². The molecule has 0 spiro atoms. The maximum Gasteiger partial charge on any atom is 0.137 e. The van der Waals surface area contributed by atoms with E-state index < -0.39 is 0 Å². The fourth-order valence-electron chi connectivity index (χ4n) is 5.23. The number of hydrogen-bond acceptors (Lipinski definition) is 7. The molecule has 0 radical (unpaired) electrons. The fourth-order valence-corrected chi connectivity index (χ4v) is 5.23. The summed E-state index contributed by atoms with van der Waals surface area (Å²) in [5.41, 5.74) is 8.26. The summed E-state index contributed by atoms with van der Waals surface area (Å²) in [7, 11) is 11.5. The van der Waals surface area contributed by atoms with Crippen LogP contribution in [0.2, 0.25) is 0 Å². The highest BCUT2D eigenvalue weighted by atomic mass is 16.5. The van der Waals surface area contributed by atoms with Crippen LogP contribution in [-0.4, -0.2) is 63.3 Å². The first-order chi connectivity index (χ1) is 20.4. The Morgan fingerprint density at radius 1 is 0.786 bits per heavy atom. The minimum atomic E-state index is 0.127. The largest absolute Gasteiger partial charge is 0.497 e. The molecular formula is C35H34N4O3. The number of methoxy groups -OCH3 is 2. The molecule has 3 aromatic carbocycles. The molecule has 0 bridgehead atoms. The van der Waals surface area contributed by atoms with Gasteiger partial charge >= 0.3 is 0 Å². The van der Waals surface area contributed by atoms with Crippen molar-refractivity contribution < 1.29 is 14.2 Å². The fraction of sp³-hybridized carbons (Fsp3) is 0.200. The van der Waals surface area contributed by atoms with Gasteiger partial charge in [0.25, 0.3) is 0 Å². The van der Waals surface area contributed by atoms with Crippen LogP contribution in [0.1, 0.15) is 11.3 Å². The monoisotopic (exact) mass is 558 g/mol. The summed E-state index contributed by atoms with van der Waals surface area (Å²) in [5.74, 6) is 3.19. The van der Waals surface area contributed by atoms with Gasteiger partial charge in [-0.15, -0.1) is 0 Å². The topological polar surface area (TPSA) is 60.0 Å². The van der Waals surface area contributed by atoms with Gasteiger partial charge in [0.1, 0.15) is 23.0 Å². The van der Waals surface area contributed by atoms with Crippen LogP contribution < -0.4 is 19.1 Å². The van der Waals surface area contributed by atoms with Gasteiger partial charge in [-0.1, -0.05) is 12.2 Å². The molecule has 2 aliphatic rings. The van der Waals surface area contributed by atoms with E-state index in [4.69, 9.17) is 24.2 Å². The number of fused-ring (bicyclic) bond motifs is 2. The highest BCUT2D eigenvalue weighted by molar-refractivity contribution is 5.91. The normalized spacial score (nSPS) is 15.5. The van der Waals surface area contributed by atoms with E-state index in [2.05, 4.69) is 60.3 Å². The summed E-state index contributed by atoms with van der Waals surface area (Å²) in [4.78, 5) is 14.6. The van der Waals surface area contributed by atoms with Crippen molar-refractivity contribution in [2.75, 3.05) is 47.3 Å². The molecule has 0 fully saturated rings. The quantitative estimate of drug-likeness (QED) is 0.258. The smallest absolute Gasteiger partial charge is 0.137 e. The van der Waals surface area contributed by atoms with Gasteiger partial charge in [-0.25, -0.2) is 4.98 Å². The highest BCUT2D eigenvalue weighted by Gasteiger charge is 2.29. The zero-order chi connectivity index (χ0) is 29.4. The molecule has 0 N–H and O–H groups in total. The summed E-state index contributed by atoms with van der Waals surface area (Å²) < 4.78 is 17.3. The lowest BCUT2D eigenvalue weighted by molar-refractivity contribution is 0.368. The van der Waals surface area contributed by atoms with Crippen LogP contribution >= 0.6 is 0 Å². The molecule has 1 aliphatic heterocycles. The SMILES string of the molecule is COc1ccc(-c2ncc(C3=C4C=CC(N(C)C)C=C4Oc4cc(N(C)C)ccc43)nc2-c2ccc(OC)cc2)cc1. The van der Waals surface area contributed by atoms with E-state index in [9.17, 15) is 0 Å². The lowest BCUT2D eigenvalue weighted by Crippen LogP contribution is -2.27. The summed E-state index contributed by atoms with van der Waals surface area (Å²) in [6.45, 7) is 0. The van der Waals surface area contributed by atoms with Crippen molar-refractivity contribution in [2.24, 2.45) is 0 Å². The molecule has 1 aliphatic carbocycles. The summed E-state index contributed by atoms with van der Waals surface area (Å²) in [6, 6.07) is 22.3. The lowest BCUT2D eigenvalue weighted by atomic mass is 9.89. The first kappa shape index (κ1) is 27.3. The van der Waals surface area contributed by atoms with Gasteiger partial charge in [0.05, 0.1) is 37.5 Å². The molecule has 1 unspecified atom stereocenters. The first-order valence-corrected chi connectivity index (χ1v) is 13.8. The number of aromatic nitrogens is 2. The van der Waals surface area contributed by atoms with Crippen LogP contribution in [0.5, 0.6) is 17.2 Å². The van der Waals surface area contributed by atoms with Crippen LogP contribution in [0.4, 0.5) is 5.69 Å². The molecular weight excluding hydrogens is 524 g/mol. The molecule has 4 aromatic rings. The molecule has 7 heteroatoms. The van der Waals surface area contributed by atoms with Gasteiger partial charge < -0.3 is 19.1 Å². The Balaban J connectivity index is 1.57. The molecule has 6 rings (SSSR count). The second-order valence-corrected chi connectivity index (χ2v) is 10.7. The van der Waals surface area contributed by atoms with E-state index in [0.29, 0.717) is 0 Å². The van der Waals surface area contributed by atoms with Crippen LogP contribution in [0, 0.1) is 0 Å². The van der Waals surface area contributed by atoms with Crippen molar-refractivity contribution in [1.29, 1.82) is 0 Å². The van der Waals surface area contributed by atoms with Crippen LogP contribution in [-0.2, 0) is 0 Å². The second kappa shape index (κ2) is 11.2. The van der Waals surface area contributed by atoms with Gasteiger partial charge in [0, 0.05) is 59.7 Å². The van der Waals surface area contributed by atoms with Gasteiger partial charge in [-0.05, 0) is 80.8 Å². The van der Waals surface area contributed by atoms with Crippen molar-refractivity contribution in [3.05, 3.63) is 114 Å². The van der Waals surface area contributed by atoms with Crippen molar-refractivity contribution in [3.63, 3.8) is 0 Å². The van der Waals surface area contributed by atoms with E-state index in [1.807, 2.05) is 68.8 Å². The Labute approximate surface area is 247 Å². The molecule has 0 saturated carbocycles. The Bertz CT molecular complexity index is 1720. The third-order valence-corrected chi connectivity index (χ3v) is 7.64. The Morgan fingerprint density at radius 2 is 1.43 bits per heavy atom. The molecule has 0 amide bonds. The summed E-state index contributed by atoms with van der Waals surface area (Å²) in [6.07, 6.45) is 8.35. The average Bonchev–Trinajstić information content (AvgIpc) is 3.02. The number of likely N-dealkylation sites (N-methyl/N-ethyl adjacent to an activating group) is 1. The molecule has 42 heavy (non-hydrogen) atoms. The van der Waals surface area contributed by atoms with Crippen molar-refractivity contribution in [3.8, 4) is 39.8 Å². The highest BCUT2D eigenvalue weighted by Crippen LogP contribution is 2.45. The van der Waals surface area contributed by atoms with E-state index in [1.165, 1.54) is 0 Å². The minimum Gasteiger partial charge on any atom is -0.497 e. The van der Waals surface area contributed by atoms with Gasteiger partial charge in [0.2, 0.25) is 0 Å². The predicted molar refractivity (Wildman–Crippen MR) is 168 cm³/mol. The minimum absolute atomic E-state index is 0.127. The summed E-state index contributed by atoms with van der Waals surface area (Å²) in [5, 5.41) is 0. The van der Waals surface area contributed by atoms with Crippen molar-refractivity contribution in [1.82, 2.24) is 14.9 Å². The molecule has 2 heterocycles. The Kier molecular flexibility index (Phi) is 7.27. The molecule has 1 aromatic heterocycles. The molecule has 0 saturated heterocycles.